The Morgan fingerprint density at radius 3 is 2.00 bits per heavy atom. The Hall–Kier alpha value is -0.800. The van der Waals surface area contributed by atoms with Gasteiger partial charge >= 0.3 is 0 Å². The number of carbonyl (C=O) groups is 1. The molecule has 0 rings (SSSR count). The zero-order valence-electron chi connectivity index (χ0n) is 9.48. The Kier molecular flexibility index (Phi) is 9.42. The first-order chi connectivity index (χ1) is 6.54. The van der Waals surface area contributed by atoms with E-state index in [-0.39, 0.29) is 24.2 Å². The molecule has 0 aliphatic carbocycles. The maximum atomic E-state index is 11.8. The van der Waals surface area contributed by atoms with Crippen molar-refractivity contribution in [1.82, 2.24) is 4.90 Å². The van der Waals surface area contributed by atoms with Crippen molar-refractivity contribution in [2.45, 2.75) is 19.9 Å². The molecule has 0 aromatic carbocycles. The molecule has 0 saturated heterocycles. The smallest absolute Gasteiger partial charge is 0.240 e. The van der Waals surface area contributed by atoms with Crippen LogP contribution < -0.4 is 5.73 Å². The van der Waals surface area contributed by atoms with Gasteiger partial charge in [-0.05, 0) is 5.92 Å². The van der Waals surface area contributed by atoms with Gasteiger partial charge in [-0.2, -0.15) is 0 Å². The maximum Gasteiger partial charge on any atom is 0.240 e. The Bertz CT molecular complexity index is 207. The summed E-state index contributed by atoms with van der Waals surface area (Å²) in [4.78, 5) is 13.4. The van der Waals surface area contributed by atoms with Crippen LogP contribution in [0.25, 0.3) is 0 Å². The van der Waals surface area contributed by atoms with Crippen LogP contribution in [0.1, 0.15) is 13.8 Å². The fourth-order valence-electron chi connectivity index (χ4n) is 1.06. The Morgan fingerprint density at radius 1 is 1.33 bits per heavy atom. The quantitative estimate of drug-likeness (QED) is 0.707. The van der Waals surface area contributed by atoms with Crippen molar-refractivity contribution in [2.75, 3.05) is 13.1 Å². The van der Waals surface area contributed by atoms with Crippen molar-refractivity contribution >= 4 is 18.3 Å². The lowest BCUT2D eigenvalue weighted by atomic mass is 10.0. The van der Waals surface area contributed by atoms with Gasteiger partial charge in [-0.15, -0.1) is 25.6 Å². The summed E-state index contributed by atoms with van der Waals surface area (Å²) in [6.45, 7) is 12.1. The lowest BCUT2D eigenvalue weighted by molar-refractivity contribution is -0.132. The fraction of sp³-hybridized carbons (Fsp3) is 0.545. The van der Waals surface area contributed by atoms with Crippen LogP contribution in [0.5, 0.6) is 0 Å². The van der Waals surface area contributed by atoms with Crippen LogP contribution in [0.4, 0.5) is 0 Å². The maximum absolute atomic E-state index is 11.8. The molecule has 0 aromatic heterocycles. The fourth-order valence-corrected chi connectivity index (χ4v) is 1.06. The Labute approximate surface area is 98.4 Å². The van der Waals surface area contributed by atoms with Gasteiger partial charge < -0.3 is 10.6 Å². The number of hydrogen-bond acceptors (Lipinski definition) is 2. The van der Waals surface area contributed by atoms with Crippen LogP contribution in [0.15, 0.2) is 25.3 Å². The highest BCUT2D eigenvalue weighted by molar-refractivity contribution is 5.85. The molecule has 2 N–H and O–H groups in total. The molecule has 0 heterocycles. The number of hydrogen-bond donors (Lipinski definition) is 1. The third-order valence-electron chi connectivity index (χ3n) is 2.01. The van der Waals surface area contributed by atoms with Crippen molar-refractivity contribution in [1.29, 1.82) is 0 Å². The van der Waals surface area contributed by atoms with Gasteiger partial charge in [0.05, 0.1) is 6.04 Å². The van der Waals surface area contributed by atoms with Gasteiger partial charge in [0.2, 0.25) is 5.91 Å². The van der Waals surface area contributed by atoms with E-state index in [1.807, 2.05) is 13.8 Å². The molecule has 0 aromatic rings. The predicted molar refractivity (Wildman–Crippen MR) is 67.0 cm³/mol. The third-order valence-corrected chi connectivity index (χ3v) is 2.01. The van der Waals surface area contributed by atoms with Gasteiger partial charge in [-0.1, -0.05) is 26.0 Å². The predicted octanol–water partition coefficient (Wildman–Crippen LogP) is 1.59. The van der Waals surface area contributed by atoms with Gasteiger partial charge in [0, 0.05) is 13.1 Å². The van der Waals surface area contributed by atoms with Crippen molar-refractivity contribution in [3.63, 3.8) is 0 Å². The molecule has 0 aliphatic heterocycles. The summed E-state index contributed by atoms with van der Waals surface area (Å²) in [7, 11) is 0. The monoisotopic (exact) mass is 232 g/mol. The lowest BCUT2D eigenvalue weighted by Crippen LogP contribution is -2.46. The van der Waals surface area contributed by atoms with E-state index in [0.29, 0.717) is 13.1 Å². The SMILES string of the molecule is C=CCN(CC=C)C(=O)C(N)C(C)C.Cl. The minimum Gasteiger partial charge on any atom is -0.334 e. The van der Waals surface area contributed by atoms with E-state index in [1.165, 1.54) is 0 Å². The molecule has 0 saturated carbocycles. The molecule has 0 bridgehead atoms. The van der Waals surface area contributed by atoms with Crippen molar-refractivity contribution in [3.05, 3.63) is 25.3 Å². The van der Waals surface area contributed by atoms with E-state index in [2.05, 4.69) is 13.2 Å². The third kappa shape index (κ3) is 5.60. The average molecular weight is 233 g/mol. The number of rotatable bonds is 6. The molecule has 0 fully saturated rings. The van der Waals surface area contributed by atoms with Gasteiger partial charge in [0.25, 0.3) is 0 Å². The zero-order valence-corrected chi connectivity index (χ0v) is 10.3. The second-order valence-corrected chi connectivity index (χ2v) is 3.59. The summed E-state index contributed by atoms with van der Waals surface area (Å²) >= 11 is 0. The van der Waals surface area contributed by atoms with E-state index >= 15 is 0 Å². The molecule has 88 valence electrons. The summed E-state index contributed by atoms with van der Waals surface area (Å²) in [6, 6.07) is -0.435. The van der Waals surface area contributed by atoms with E-state index in [4.69, 9.17) is 5.73 Å². The number of amides is 1. The molecule has 15 heavy (non-hydrogen) atoms. The molecule has 0 radical (unpaired) electrons. The number of nitrogens with two attached hydrogens (primary N) is 1. The summed E-state index contributed by atoms with van der Waals surface area (Å²) < 4.78 is 0. The molecule has 3 nitrogen and oxygen atoms in total. The summed E-state index contributed by atoms with van der Waals surface area (Å²) in [6.07, 6.45) is 3.38. The molecule has 0 aliphatic rings. The largest absolute Gasteiger partial charge is 0.334 e. The summed E-state index contributed by atoms with van der Waals surface area (Å²) in [5.74, 6) is 0.111. The van der Waals surface area contributed by atoms with Crippen LogP contribution in [-0.2, 0) is 4.79 Å². The van der Waals surface area contributed by atoms with E-state index < -0.39 is 6.04 Å². The summed E-state index contributed by atoms with van der Waals surface area (Å²) in [5, 5.41) is 0. The van der Waals surface area contributed by atoms with Crippen LogP contribution in [0.2, 0.25) is 0 Å². The van der Waals surface area contributed by atoms with Gasteiger partial charge in [0.15, 0.2) is 0 Å². The molecule has 0 spiro atoms. The number of nitrogens with zero attached hydrogens (tertiary/aromatic N) is 1. The Morgan fingerprint density at radius 2 is 1.73 bits per heavy atom. The van der Waals surface area contributed by atoms with Crippen LogP contribution in [-0.4, -0.2) is 29.9 Å². The second kappa shape index (κ2) is 8.50. The first-order valence-electron chi connectivity index (χ1n) is 4.80. The number of halogens is 1. The lowest BCUT2D eigenvalue weighted by Gasteiger charge is -2.24. The molecular weight excluding hydrogens is 212 g/mol. The highest BCUT2D eigenvalue weighted by Gasteiger charge is 2.21. The Balaban J connectivity index is 0. The first-order valence-corrected chi connectivity index (χ1v) is 4.80. The molecular formula is C11H21ClN2O. The van der Waals surface area contributed by atoms with Crippen molar-refractivity contribution < 1.29 is 4.79 Å². The molecule has 1 unspecified atom stereocenters. The van der Waals surface area contributed by atoms with E-state index in [0.717, 1.165) is 0 Å². The number of carbonyl (C=O) groups excluding carboxylic acids is 1. The highest BCUT2D eigenvalue weighted by Crippen LogP contribution is 2.03. The minimum absolute atomic E-state index is 0. The minimum atomic E-state index is -0.435. The van der Waals surface area contributed by atoms with Crippen LogP contribution in [0.3, 0.4) is 0 Å². The van der Waals surface area contributed by atoms with Crippen LogP contribution in [0, 0.1) is 5.92 Å². The first kappa shape index (κ1) is 16.6. The standard InChI is InChI=1S/C11H20N2O.ClH/c1-5-7-13(8-6-2)11(14)10(12)9(3)4;/h5-6,9-10H,1-2,7-8,12H2,3-4H3;1H. The second-order valence-electron chi connectivity index (χ2n) is 3.59. The van der Waals surface area contributed by atoms with Crippen molar-refractivity contribution in [2.24, 2.45) is 11.7 Å². The molecule has 1 atom stereocenters. The van der Waals surface area contributed by atoms with Gasteiger partial charge in [0.1, 0.15) is 0 Å². The molecule has 4 heteroatoms. The van der Waals surface area contributed by atoms with Crippen LogP contribution >= 0.6 is 12.4 Å². The summed E-state index contributed by atoms with van der Waals surface area (Å²) in [5.41, 5.74) is 5.76. The van der Waals surface area contributed by atoms with Gasteiger partial charge in [-0.3, -0.25) is 4.79 Å². The normalized spacial score (nSPS) is 11.5. The average Bonchev–Trinajstić information content (AvgIpc) is 2.15. The van der Waals surface area contributed by atoms with E-state index in [9.17, 15) is 4.79 Å². The van der Waals surface area contributed by atoms with Gasteiger partial charge in [-0.25, -0.2) is 0 Å². The topological polar surface area (TPSA) is 46.3 Å². The molecule has 1 amide bonds. The zero-order chi connectivity index (χ0) is 11.1. The van der Waals surface area contributed by atoms with E-state index in [1.54, 1.807) is 17.1 Å². The highest BCUT2D eigenvalue weighted by atomic mass is 35.5. The van der Waals surface area contributed by atoms with Crippen molar-refractivity contribution in [3.8, 4) is 0 Å².